The Morgan fingerprint density at radius 1 is 1.43 bits per heavy atom. The van der Waals surface area contributed by atoms with E-state index in [1.54, 1.807) is 30.3 Å². The van der Waals surface area contributed by atoms with Gasteiger partial charge in [0.1, 0.15) is 5.82 Å². The molecule has 0 aliphatic rings. The summed E-state index contributed by atoms with van der Waals surface area (Å²) in [6, 6.07) is 7.05. The molecule has 0 aliphatic heterocycles. The summed E-state index contributed by atoms with van der Waals surface area (Å²) >= 11 is 6.15. The fourth-order valence-electron chi connectivity index (χ4n) is 1.90. The number of nitrogens with two attached hydrogens (primary N) is 1. The third kappa shape index (κ3) is 3.12. The Labute approximate surface area is 127 Å². The second-order valence-corrected chi connectivity index (χ2v) is 4.71. The largest absolute Gasteiger partial charge is 0.356 e. The van der Waals surface area contributed by atoms with Crippen LogP contribution in [0.2, 0.25) is 5.02 Å². The summed E-state index contributed by atoms with van der Waals surface area (Å²) in [6.45, 7) is 5.83. The molecular formula is C14H16ClN5O. The zero-order valence-electron chi connectivity index (χ0n) is 11.7. The topological polar surface area (TPSA) is 77.0 Å². The number of rotatable bonds is 5. The standard InChI is InChI=1S/C14H16ClN5O/c1-3-9-19(16)13-17-12(4-2)20(14(21)18-13)11-8-6-5-7-10(11)15/h3,5-8H,1,4,9,16H2,2H3. The Balaban J connectivity index is 2.61. The first-order valence-corrected chi connectivity index (χ1v) is 6.84. The van der Waals surface area contributed by atoms with Crippen LogP contribution >= 0.6 is 11.6 Å². The van der Waals surface area contributed by atoms with Gasteiger partial charge in [-0.15, -0.1) is 6.58 Å². The summed E-state index contributed by atoms with van der Waals surface area (Å²) in [5, 5.41) is 1.73. The Morgan fingerprint density at radius 2 is 2.14 bits per heavy atom. The van der Waals surface area contributed by atoms with E-state index in [1.165, 1.54) is 9.58 Å². The van der Waals surface area contributed by atoms with Gasteiger partial charge in [-0.3, -0.25) is 5.01 Å². The number of para-hydroxylation sites is 1. The molecule has 0 amide bonds. The van der Waals surface area contributed by atoms with Gasteiger partial charge in [0.05, 0.1) is 17.3 Å². The van der Waals surface area contributed by atoms with Crippen LogP contribution in [0.3, 0.4) is 0 Å². The van der Waals surface area contributed by atoms with Crippen LogP contribution in [-0.2, 0) is 6.42 Å². The lowest BCUT2D eigenvalue weighted by atomic mass is 10.3. The average molecular weight is 306 g/mol. The minimum absolute atomic E-state index is 0.167. The zero-order chi connectivity index (χ0) is 15.4. The van der Waals surface area contributed by atoms with Crippen molar-refractivity contribution in [2.45, 2.75) is 13.3 Å². The first-order valence-electron chi connectivity index (χ1n) is 6.46. The maximum Gasteiger partial charge on any atom is 0.356 e. The molecule has 0 saturated carbocycles. The Hall–Kier alpha value is -2.18. The fraction of sp³-hybridized carbons (Fsp3) is 0.214. The molecule has 1 aromatic carbocycles. The van der Waals surface area contributed by atoms with E-state index in [1.807, 2.05) is 6.92 Å². The maximum atomic E-state index is 12.3. The van der Waals surface area contributed by atoms with E-state index in [2.05, 4.69) is 16.5 Å². The first kappa shape index (κ1) is 15.2. The highest BCUT2D eigenvalue weighted by Gasteiger charge is 2.14. The van der Waals surface area contributed by atoms with Crippen LogP contribution in [0.1, 0.15) is 12.7 Å². The third-order valence-corrected chi connectivity index (χ3v) is 3.19. The van der Waals surface area contributed by atoms with Gasteiger partial charge in [-0.1, -0.05) is 36.7 Å². The number of aryl methyl sites for hydroxylation is 1. The van der Waals surface area contributed by atoms with E-state index in [0.29, 0.717) is 29.5 Å². The fourth-order valence-corrected chi connectivity index (χ4v) is 2.12. The molecule has 0 unspecified atom stereocenters. The van der Waals surface area contributed by atoms with E-state index >= 15 is 0 Å². The van der Waals surface area contributed by atoms with Crippen molar-refractivity contribution in [2.75, 3.05) is 11.6 Å². The van der Waals surface area contributed by atoms with Crippen molar-refractivity contribution in [3.63, 3.8) is 0 Å². The molecule has 2 rings (SSSR count). The summed E-state index contributed by atoms with van der Waals surface area (Å²) in [5.74, 6) is 6.49. The number of nitrogens with zero attached hydrogens (tertiary/aromatic N) is 4. The molecule has 0 spiro atoms. The molecule has 6 nitrogen and oxygen atoms in total. The number of hydrazine groups is 1. The zero-order valence-corrected chi connectivity index (χ0v) is 12.4. The SMILES string of the molecule is C=CCN(N)c1nc(CC)n(-c2ccccc2Cl)c(=O)n1. The average Bonchev–Trinajstić information content (AvgIpc) is 2.47. The highest BCUT2D eigenvalue weighted by Crippen LogP contribution is 2.19. The Kier molecular flexibility index (Phi) is 4.72. The molecule has 0 aliphatic carbocycles. The van der Waals surface area contributed by atoms with E-state index in [-0.39, 0.29) is 5.95 Å². The molecule has 7 heteroatoms. The molecule has 1 aromatic heterocycles. The van der Waals surface area contributed by atoms with Gasteiger partial charge >= 0.3 is 5.69 Å². The lowest BCUT2D eigenvalue weighted by Gasteiger charge is -2.17. The van der Waals surface area contributed by atoms with Crippen LogP contribution in [0.4, 0.5) is 5.95 Å². The summed E-state index contributed by atoms with van der Waals surface area (Å²) in [7, 11) is 0. The highest BCUT2D eigenvalue weighted by atomic mass is 35.5. The summed E-state index contributed by atoms with van der Waals surface area (Å²) < 4.78 is 1.40. The molecule has 2 aromatic rings. The van der Waals surface area contributed by atoms with E-state index in [4.69, 9.17) is 17.4 Å². The molecule has 110 valence electrons. The van der Waals surface area contributed by atoms with E-state index in [0.717, 1.165) is 0 Å². The first-order chi connectivity index (χ1) is 10.1. The van der Waals surface area contributed by atoms with Crippen LogP contribution in [-0.4, -0.2) is 21.1 Å². The van der Waals surface area contributed by atoms with Crippen LogP contribution in [0, 0.1) is 0 Å². The predicted molar refractivity (Wildman–Crippen MR) is 83.7 cm³/mol. The normalized spacial score (nSPS) is 10.4. The van der Waals surface area contributed by atoms with Crippen molar-refractivity contribution in [1.82, 2.24) is 14.5 Å². The molecule has 21 heavy (non-hydrogen) atoms. The van der Waals surface area contributed by atoms with Crippen molar-refractivity contribution in [2.24, 2.45) is 5.84 Å². The smallest absolute Gasteiger partial charge is 0.275 e. The Bertz CT molecular complexity index is 713. The van der Waals surface area contributed by atoms with Gasteiger partial charge in [0.2, 0.25) is 5.95 Å². The van der Waals surface area contributed by atoms with Crippen LogP contribution in [0.5, 0.6) is 0 Å². The number of halogens is 1. The monoisotopic (exact) mass is 305 g/mol. The highest BCUT2D eigenvalue weighted by molar-refractivity contribution is 6.32. The molecule has 0 atom stereocenters. The van der Waals surface area contributed by atoms with Crippen molar-refractivity contribution in [1.29, 1.82) is 0 Å². The minimum atomic E-state index is -0.468. The number of aromatic nitrogens is 3. The van der Waals surface area contributed by atoms with Gasteiger partial charge in [-0.25, -0.2) is 15.2 Å². The van der Waals surface area contributed by atoms with Crippen molar-refractivity contribution < 1.29 is 0 Å². The second kappa shape index (κ2) is 6.51. The molecule has 0 radical (unpaired) electrons. The van der Waals surface area contributed by atoms with Gasteiger partial charge in [0.15, 0.2) is 0 Å². The van der Waals surface area contributed by atoms with Gasteiger partial charge in [-0.2, -0.15) is 9.97 Å². The quantitative estimate of drug-likeness (QED) is 0.517. The van der Waals surface area contributed by atoms with Gasteiger partial charge in [0.25, 0.3) is 0 Å². The molecule has 0 fully saturated rings. The summed E-state index contributed by atoms with van der Waals surface area (Å²) in [5.41, 5.74) is 0.0873. The molecular weight excluding hydrogens is 290 g/mol. The van der Waals surface area contributed by atoms with E-state index in [9.17, 15) is 4.79 Å². The van der Waals surface area contributed by atoms with Crippen molar-refractivity contribution in [3.05, 3.63) is 58.3 Å². The Morgan fingerprint density at radius 3 is 2.76 bits per heavy atom. The number of benzene rings is 1. The summed E-state index contributed by atoms with van der Waals surface area (Å²) in [4.78, 5) is 20.6. The second-order valence-electron chi connectivity index (χ2n) is 4.30. The van der Waals surface area contributed by atoms with Crippen LogP contribution in [0.15, 0.2) is 41.7 Å². The van der Waals surface area contributed by atoms with Crippen molar-refractivity contribution in [3.8, 4) is 5.69 Å². The van der Waals surface area contributed by atoms with E-state index < -0.39 is 5.69 Å². The minimum Gasteiger partial charge on any atom is -0.275 e. The van der Waals surface area contributed by atoms with Crippen LogP contribution < -0.4 is 16.5 Å². The van der Waals surface area contributed by atoms with Crippen LogP contribution in [0.25, 0.3) is 5.69 Å². The number of anilines is 1. The molecule has 2 N–H and O–H groups in total. The molecule has 1 heterocycles. The van der Waals surface area contributed by atoms with Gasteiger partial charge < -0.3 is 0 Å². The summed E-state index contributed by atoms with van der Waals surface area (Å²) in [6.07, 6.45) is 2.15. The maximum absolute atomic E-state index is 12.3. The number of hydrogen-bond acceptors (Lipinski definition) is 5. The number of hydrogen-bond donors (Lipinski definition) is 1. The van der Waals surface area contributed by atoms with Crippen molar-refractivity contribution >= 4 is 17.5 Å². The third-order valence-electron chi connectivity index (χ3n) is 2.87. The lowest BCUT2D eigenvalue weighted by Crippen LogP contribution is -2.37. The van der Waals surface area contributed by atoms with Gasteiger partial charge in [0, 0.05) is 6.42 Å². The predicted octanol–water partition coefficient (Wildman–Crippen LogP) is 1.71. The molecule has 0 bridgehead atoms. The van der Waals surface area contributed by atoms with Gasteiger partial charge in [-0.05, 0) is 12.1 Å². The molecule has 0 saturated heterocycles. The lowest BCUT2D eigenvalue weighted by molar-refractivity contribution is 0.740.